The van der Waals surface area contributed by atoms with Crippen LogP contribution in [0.2, 0.25) is 0 Å². The number of nitrogens with one attached hydrogen (secondary N) is 1. The summed E-state index contributed by atoms with van der Waals surface area (Å²) in [7, 11) is 2.20. The van der Waals surface area contributed by atoms with Crippen LogP contribution < -0.4 is 5.32 Å². The molecule has 2 heterocycles. The molecule has 1 fully saturated rings. The zero-order chi connectivity index (χ0) is 12.6. The molecule has 0 amide bonds. The van der Waals surface area contributed by atoms with E-state index in [1.54, 1.807) is 12.5 Å². The first kappa shape index (κ1) is 13.6. The second-order valence-corrected chi connectivity index (χ2v) is 5.16. The van der Waals surface area contributed by atoms with Crippen LogP contribution in [0.25, 0.3) is 0 Å². The van der Waals surface area contributed by atoms with E-state index in [1.165, 1.54) is 44.6 Å². The van der Waals surface area contributed by atoms with Crippen LogP contribution in [0.15, 0.2) is 23.0 Å². The number of likely N-dealkylation sites (tertiary alicyclic amines) is 1. The highest BCUT2D eigenvalue weighted by molar-refractivity contribution is 5.04. The average molecular weight is 251 g/mol. The average Bonchev–Trinajstić information content (AvgIpc) is 3.04. The second-order valence-electron chi connectivity index (χ2n) is 5.16. The third-order valence-electron chi connectivity index (χ3n) is 3.58. The van der Waals surface area contributed by atoms with Gasteiger partial charge in [-0.15, -0.1) is 0 Å². The van der Waals surface area contributed by atoms with E-state index >= 15 is 0 Å². The van der Waals surface area contributed by atoms with E-state index in [9.17, 15) is 0 Å². The van der Waals surface area contributed by atoms with Gasteiger partial charge in [-0.1, -0.05) is 0 Å². The third-order valence-corrected chi connectivity index (χ3v) is 3.58. The minimum Gasteiger partial charge on any atom is -0.472 e. The van der Waals surface area contributed by atoms with E-state index in [0.717, 1.165) is 19.6 Å². The van der Waals surface area contributed by atoms with E-state index < -0.39 is 0 Å². The molecule has 1 aromatic rings. The molecular formula is C14H25N3O. The van der Waals surface area contributed by atoms with E-state index in [-0.39, 0.29) is 0 Å². The van der Waals surface area contributed by atoms with Gasteiger partial charge in [-0.25, -0.2) is 0 Å². The largest absolute Gasteiger partial charge is 0.472 e. The lowest BCUT2D eigenvalue weighted by atomic mass is 10.3. The third kappa shape index (κ3) is 4.80. The minimum atomic E-state index is 0.899. The van der Waals surface area contributed by atoms with Crippen LogP contribution in [0.4, 0.5) is 0 Å². The second kappa shape index (κ2) is 7.56. The highest BCUT2D eigenvalue weighted by atomic mass is 16.3. The maximum atomic E-state index is 5.03. The quantitative estimate of drug-likeness (QED) is 0.708. The predicted octanol–water partition coefficient (Wildman–Crippen LogP) is 1.40. The van der Waals surface area contributed by atoms with Crippen molar-refractivity contribution in [3.63, 3.8) is 0 Å². The van der Waals surface area contributed by atoms with Crippen LogP contribution in [0, 0.1) is 0 Å². The maximum absolute atomic E-state index is 5.03. The molecule has 0 spiro atoms. The molecule has 4 heteroatoms. The Labute approximate surface area is 110 Å². The SMILES string of the molecule is CN(CCNCc1ccoc1)CCN1CCCC1. The van der Waals surface area contributed by atoms with Crippen molar-refractivity contribution in [3.8, 4) is 0 Å². The topological polar surface area (TPSA) is 31.6 Å². The van der Waals surface area contributed by atoms with Crippen molar-refractivity contribution < 1.29 is 4.42 Å². The van der Waals surface area contributed by atoms with Gasteiger partial charge in [0.05, 0.1) is 12.5 Å². The van der Waals surface area contributed by atoms with E-state index in [0.29, 0.717) is 0 Å². The fraction of sp³-hybridized carbons (Fsp3) is 0.714. The molecule has 1 N–H and O–H groups in total. The molecule has 0 unspecified atom stereocenters. The minimum absolute atomic E-state index is 0.899. The van der Waals surface area contributed by atoms with Crippen LogP contribution in [0.1, 0.15) is 18.4 Å². The van der Waals surface area contributed by atoms with Crippen molar-refractivity contribution in [2.45, 2.75) is 19.4 Å². The van der Waals surface area contributed by atoms with Crippen molar-refractivity contribution >= 4 is 0 Å². The van der Waals surface area contributed by atoms with E-state index in [4.69, 9.17) is 4.42 Å². The molecule has 0 saturated carbocycles. The Morgan fingerprint density at radius 3 is 2.89 bits per heavy atom. The van der Waals surface area contributed by atoms with Crippen molar-refractivity contribution in [1.29, 1.82) is 0 Å². The van der Waals surface area contributed by atoms with Gasteiger partial charge in [0, 0.05) is 38.3 Å². The molecule has 4 nitrogen and oxygen atoms in total. The summed E-state index contributed by atoms with van der Waals surface area (Å²) in [5.74, 6) is 0. The molecule has 102 valence electrons. The number of nitrogens with zero attached hydrogens (tertiary/aromatic N) is 2. The molecule has 0 atom stereocenters. The van der Waals surface area contributed by atoms with Gasteiger partial charge in [-0.05, 0) is 39.0 Å². The highest BCUT2D eigenvalue weighted by Gasteiger charge is 2.11. The molecule has 0 aliphatic carbocycles. The van der Waals surface area contributed by atoms with Gasteiger partial charge < -0.3 is 19.5 Å². The number of hydrogen-bond donors (Lipinski definition) is 1. The van der Waals surface area contributed by atoms with Gasteiger partial charge in [-0.3, -0.25) is 0 Å². The van der Waals surface area contributed by atoms with Gasteiger partial charge in [0.25, 0.3) is 0 Å². The van der Waals surface area contributed by atoms with Crippen molar-refractivity contribution in [1.82, 2.24) is 15.1 Å². The summed E-state index contributed by atoms with van der Waals surface area (Å²) < 4.78 is 5.03. The molecular weight excluding hydrogens is 226 g/mol. The lowest BCUT2D eigenvalue weighted by Crippen LogP contribution is -2.35. The summed E-state index contributed by atoms with van der Waals surface area (Å²) in [6.07, 6.45) is 6.29. The monoisotopic (exact) mass is 251 g/mol. The molecule has 1 aliphatic rings. The first-order valence-corrected chi connectivity index (χ1v) is 6.97. The lowest BCUT2D eigenvalue weighted by Gasteiger charge is -2.21. The number of hydrogen-bond acceptors (Lipinski definition) is 4. The summed E-state index contributed by atoms with van der Waals surface area (Å²) in [5, 5.41) is 3.43. The number of furan rings is 1. The summed E-state index contributed by atoms with van der Waals surface area (Å²) >= 11 is 0. The standard InChI is InChI=1S/C14H25N3O/c1-16(9-10-17-6-2-3-7-17)8-5-15-12-14-4-11-18-13-14/h4,11,13,15H,2-3,5-10,12H2,1H3. The Morgan fingerprint density at radius 2 is 2.17 bits per heavy atom. The Kier molecular flexibility index (Phi) is 5.71. The van der Waals surface area contributed by atoms with Gasteiger partial charge in [0.15, 0.2) is 0 Å². The zero-order valence-electron chi connectivity index (χ0n) is 11.4. The number of likely N-dealkylation sites (N-methyl/N-ethyl adjacent to an activating group) is 1. The molecule has 1 saturated heterocycles. The summed E-state index contributed by atoms with van der Waals surface area (Å²) in [5.41, 5.74) is 1.22. The van der Waals surface area contributed by atoms with Gasteiger partial charge >= 0.3 is 0 Å². The Morgan fingerprint density at radius 1 is 1.33 bits per heavy atom. The molecule has 0 bridgehead atoms. The molecule has 1 aliphatic heterocycles. The molecule has 2 rings (SSSR count). The normalized spacial score (nSPS) is 16.8. The van der Waals surface area contributed by atoms with E-state index in [1.807, 2.05) is 6.07 Å². The highest BCUT2D eigenvalue weighted by Crippen LogP contribution is 2.06. The lowest BCUT2D eigenvalue weighted by molar-refractivity contribution is 0.257. The Bertz CT molecular complexity index is 307. The maximum Gasteiger partial charge on any atom is 0.0947 e. The Balaban J connectivity index is 1.47. The van der Waals surface area contributed by atoms with Gasteiger partial charge in [0.2, 0.25) is 0 Å². The summed E-state index contributed by atoms with van der Waals surface area (Å²) in [6, 6.07) is 2.00. The summed E-state index contributed by atoms with van der Waals surface area (Å²) in [4.78, 5) is 4.97. The first-order chi connectivity index (χ1) is 8.84. The fourth-order valence-corrected chi connectivity index (χ4v) is 2.33. The summed E-state index contributed by atoms with van der Waals surface area (Å²) in [6.45, 7) is 8.02. The van der Waals surface area contributed by atoms with Crippen LogP contribution in [0.5, 0.6) is 0 Å². The van der Waals surface area contributed by atoms with Crippen LogP contribution >= 0.6 is 0 Å². The van der Waals surface area contributed by atoms with Crippen LogP contribution in [0.3, 0.4) is 0 Å². The fourth-order valence-electron chi connectivity index (χ4n) is 2.33. The molecule has 0 aromatic carbocycles. The van der Waals surface area contributed by atoms with E-state index in [2.05, 4.69) is 22.2 Å². The Hall–Kier alpha value is -0.840. The zero-order valence-corrected chi connectivity index (χ0v) is 11.4. The van der Waals surface area contributed by atoms with Crippen LogP contribution in [-0.2, 0) is 6.54 Å². The van der Waals surface area contributed by atoms with Gasteiger partial charge in [-0.2, -0.15) is 0 Å². The first-order valence-electron chi connectivity index (χ1n) is 6.97. The molecule has 1 aromatic heterocycles. The van der Waals surface area contributed by atoms with Crippen molar-refractivity contribution in [2.24, 2.45) is 0 Å². The number of rotatable bonds is 8. The van der Waals surface area contributed by atoms with Gasteiger partial charge in [0.1, 0.15) is 0 Å². The van der Waals surface area contributed by atoms with Crippen molar-refractivity contribution in [3.05, 3.63) is 24.2 Å². The molecule has 0 radical (unpaired) electrons. The van der Waals surface area contributed by atoms with Crippen LogP contribution in [-0.4, -0.2) is 56.1 Å². The smallest absolute Gasteiger partial charge is 0.0947 e. The molecule has 18 heavy (non-hydrogen) atoms. The predicted molar refractivity (Wildman–Crippen MR) is 73.6 cm³/mol. The van der Waals surface area contributed by atoms with Crippen molar-refractivity contribution in [2.75, 3.05) is 46.3 Å².